The van der Waals surface area contributed by atoms with Crippen molar-refractivity contribution in [2.75, 3.05) is 13.7 Å². The van der Waals surface area contributed by atoms with Gasteiger partial charge in [0.1, 0.15) is 18.2 Å². The third-order valence-corrected chi connectivity index (χ3v) is 4.28. The fourth-order valence-corrected chi connectivity index (χ4v) is 3.06. The van der Waals surface area contributed by atoms with E-state index >= 15 is 0 Å². The van der Waals surface area contributed by atoms with Gasteiger partial charge in [-0.1, -0.05) is 51.1 Å². The molecule has 0 aliphatic rings. The molecule has 1 rings (SSSR count). The van der Waals surface area contributed by atoms with E-state index in [0.717, 1.165) is 5.56 Å². The predicted octanol–water partition coefficient (Wildman–Crippen LogP) is 3.58. The lowest BCUT2D eigenvalue weighted by Crippen LogP contribution is -2.49. The monoisotopic (exact) mass is 450 g/mol. The van der Waals surface area contributed by atoms with Gasteiger partial charge in [-0.05, 0) is 38.2 Å². The Balaban J connectivity index is 2.74. The van der Waals surface area contributed by atoms with Crippen LogP contribution in [0.4, 0.5) is 4.79 Å². The predicted molar refractivity (Wildman–Crippen MR) is 122 cm³/mol. The maximum absolute atomic E-state index is 12.4. The number of benzene rings is 1. The van der Waals surface area contributed by atoms with Crippen LogP contribution < -0.4 is 10.6 Å². The van der Waals surface area contributed by atoms with E-state index in [1.165, 1.54) is 7.11 Å². The number of nitrogens with one attached hydrogen (secondary N) is 2. The lowest BCUT2D eigenvalue weighted by Gasteiger charge is -2.28. The summed E-state index contributed by atoms with van der Waals surface area (Å²) >= 11 is 0. The van der Waals surface area contributed by atoms with Crippen molar-refractivity contribution in [2.24, 2.45) is 5.41 Å². The van der Waals surface area contributed by atoms with Gasteiger partial charge >= 0.3 is 18.0 Å². The normalized spacial score (nSPS) is 13.6. The first kappa shape index (κ1) is 27.4. The topological polar surface area (TPSA) is 103 Å². The second-order valence-corrected chi connectivity index (χ2v) is 9.94. The molecule has 0 saturated heterocycles. The molecule has 180 valence electrons. The highest BCUT2D eigenvalue weighted by Gasteiger charge is 2.28. The Bertz CT molecular complexity index is 737. The molecule has 0 aliphatic heterocycles. The Hall–Kier alpha value is -2.61. The van der Waals surface area contributed by atoms with Crippen LogP contribution in [0.2, 0.25) is 0 Å². The summed E-state index contributed by atoms with van der Waals surface area (Å²) in [7, 11) is 1.26. The maximum Gasteiger partial charge on any atom is 0.407 e. The second-order valence-electron chi connectivity index (χ2n) is 9.94. The van der Waals surface area contributed by atoms with Crippen molar-refractivity contribution >= 4 is 18.0 Å². The fraction of sp³-hybridized carbons (Fsp3) is 0.625. The molecule has 2 atom stereocenters. The van der Waals surface area contributed by atoms with Gasteiger partial charge < -0.3 is 24.8 Å². The highest BCUT2D eigenvalue weighted by molar-refractivity contribution is 5.82. The number of carbonyl (C=O) groups excluding carboxylic acids is 3. The van der Waals surface area contributed by atoms with Gasteiger partial charge in [0.25, 0.3) is 0 Å². The standard InChI is InChI=1S/C24H38N2O6/c1-23(2,3)14-18(26-22(29)31-16-17-11-9-8-10-12-17)15-25-19(21(28)30-7)13-20(27)32-24(4,5)6/h8-12,18-19,25H,13-16H2,1-7H3,(H,26,29)/t18-,19-/m0/s1. The van der Waals surface area contributed by atoms with Gasteiger partial charge in [0.2, 0.25) is 0 Å². The minimum absolute atomic E-state index is 0.0923. The van der Waals surface area contributed by atoms with Gasteiger partial charge in [0.15, 0.2) is 0 Å². The third-order valence-electron chi connectivity index (χ3n) is 4.28. The molecule has 0 heterocycles. The van der Waals surface area contributed by atoms with Crippen LogP contribution in [-0.4, -0.2) is 49.4 Å². The number of amides is 1. The van der Waals surface area contributed by atoms with E-state index in [1.54, 1.807) is 20.8 Å². The van der Waals surface area contributed by atoms with E-state index in [0.29, 0.717) is 6.42 Å². The fourth-order valence-electron chi connectivity index (χ4n) is 3.06. The van der Waals surface area contributed by atoms with E-state index in [1.807, 2.05) is 30.3 Å². The summed E-state index contributed by atoms with van der Waals surface area (Å²) in [6.45, 7) is 11.8. The van der Waals surface area contributed by atoms with Crippen LogP contribution in [-0.2, 0) is 30.4 Å². The summed E-state index contributed by atoms with van der Waals surface area (Å²) in [5.74, 6) is -1.08. The zero-order valence-electron chi connectivity index (χ0n) is 20.3. The van der Waals surface area contributed by atoms with E-state index in [9.17, 15) is 14.4 Å². The highest BCUT2D eigenvalue weighted by atomic mass is 16.6. The average molecular weight is 451 g/mol. The van der Waals surface area contributed by atoms with Crippen molar-refractivity contribution in [3.8, 4) is 0 Å². The lowest BCUT2D eigenvalue weighted by molar-refractivity contribution is -0.159. The Morgan fingerprint density at radius 2 is 1.62 bits per heavy atom. The van der Waals surface area contributed by atoms with Crippen molar-refractivity contribution in [1.82, 2.24) is 10.6 Å². The van der Waals surface area contributed by atoms with Gasteiger partial charge in [-0.2, -0.15) is 0 Å². The molecule has 1 aromatic carbocycles. The van der Waals surface area contributed by atoms with Crippen LogP contribution in [0.3, 0.4) is 0 Å². The molecule has 0 spiro atoms. The van der Waals surface area contributed by atoms with Gasteiger partial charge in [-0.25, -0.2) is 4.79 Å². The molecule has 32 heavy (non-hydrogen) atoms. The van der Waals surface area contributed by atoms with Crippen LogP contribution in [0.25, 0.3) is 0 Å². The first-order valence-electron chi connectivity index (χ1n) is 10.8. The number of carbonyl (C=O) groups is 3. The van der Waals surface area contributed by atoms with Crippen molar-refractivity contribution in [3.63, 3.8) is 0 Å². The Kier molecular flexibility index (Phi) is 10.7. The summed E-state index contributed by atoms with van der Waals surface area (Å²) in [4.78, 5) is 36.7. The largest absolute Gasteiger partial charge is 0.468 e. The van der Waals surface area contributed by atoms with E-state index in [4.69, 9.17) is 14.2 Å². The molecular formula is C24H38N2O6. The van der Waals surface area contributed by atoms with Crippen molar-refractivity contribution in [2.45, 2.75) is 78.7 Å². The zero-order chi connectivity index (χ0) is 24.4. The lowest BCUT2D eigenvalue weighted by atomic mass is 9.88. The van der Waals surface area contributed by atoms with Crippen molar-refractivity contribution < 1.29 is 28.6 Å². The second kappa shape index (κ2) is 12.4. The molecule has 2 N–H and O–H groups in total. The third kappa shape index (κ3) is 12.3. The molecule has 0 aromatic heterocycles. The molecule has 0 unspecified atom stereocenters. The molecule has 0 bridgehead atoms. The number of hydrogen-bond acceptors (Lipinski definition) is 7. The summed E-state index contributed by atoms with van der Waals surface area (Å²) in [5, 5.41) is 5.90. The number of ether oxygens (including phenoxy) is 3. The summed E-state index contributed by atoms with van der Waals surface area (Å²) in [5.41, 5.74) is 0.137. The Morgan fingerprint density at radius 3 is 2.16 bits per heavy atom. The molecule has 8 nitrogen and oxygen atoms in total. The minimum Gasteiger partial charge on any atom is -0.468 e. The van der Waals surface area contributed by atoms with Gasteiger partial charge in [-0.15, -0.1) is 0 Å². The van der Waals surface area contributed by atoms with Crippen LogP contribution in [0, 0.1) is 5.41 Å². The molecular weight excluding hydrogens is 412 g/mol. The number of hydrogen-bond donors (Lipinski definition) is 2. The smallest absolute Gasteiger partial charge is 0.407 e. The molecule has 0 aliphatic carbocycles. The maximum atomic E-state index is 12.4. The minimum atomic E-state index is -0.889. The zero-order valence-corrected chi connectivity index (χ0v) is 20.3. The van der Waals surface area contributed by atoms with E-state index in [2.05, 4.69) is 31.4 Å². The number of alkyl carbamates (subject to hydrolysis) is 1. The first-order chi connectivity index (χ1) is 14.8. The number of methoxy groups -OCH3 is 1. The van der Waals surface area contributed by atoms with Gasteiger partial charge in [-0.3, -0.25) is 9.59 Å². The van der Waals surface area contributed by atoms with E-state index < -0.39 is 29.7 Å². The summed E-state index contributed by atoms with van der Waals surface area (Å²) < 4.78 is 15.5. The Labute approximate surface area is 191 Å². The van der Waals surface area contributed by atoms with Crippen molar-refractivity contribution in [1.29, 1.82) is 0 Å². The summed E-state index contributed by atoms with van der Waals surface area (Å²) in [6.07, 6.45) is -0.0996. The molecule has 0 radical (unpaired) electrons. The summed E-state index contributed by atoms with van der Waals surface area (Å²) in [6, 6.07) is 8.17. The SMILES string of the molecule is COC(=O)[C@H](CC(=O)OC(C)(C)C)NC[C@H](CC(C)(C)C)NC(=O)OCc1ccccc1. The average Bonchev–Trinajstić information content (AvgIpc) is 2.67. The quantitative estimate of drug-likeness (QED) is 0.415. The molecule has 1 aromatic rings. The molecule has 8 heteroatoms. The Morgan fingerprint density at radius 1 is 1.00 bits per heavy atom. The van der Waals surface area contributed by atoms with Gasteiger partial charge in [0.05, 0.1) is 13.5 Å². The van der Waals surface area contributed by atoms with Crippen LogP contribution in [0.5, 0.6) is 0 Å². The molecule has 1 amide bonds. The van der Waals surface area contributed by atoms with Gasteiger partial charge in [0, 0.05) is 12.6 Å². The molecule has 0 fully saturated rings. The molecule has 0 saturated carbocycles. The first-order valence-corrected chi connectivity index (χ1v) is 10.8. The van der Waals surface area contributed by atoms with E-state index in [-0.39, 0.29) is 31.0 Å². The van der Waals surface area contributed by atoms with Crippen molar-refractivity contribution in [3.05, 3.63) is 35.9 Å². The highest BCUT2D eigenvalue weighted by Crippen LogP contribution is 2.21. The number of esters is 2. The van der Waals surface area contributed by atoms with Crippen LogP contribution in [0.15, 0.2) is 30.3 Å². The van der Waals surface area contributed by atoms with Crippen LogP contribution in [0.1, 0.15) is 59.9 Å². The number of rotatable bonds is 10. The van der Waals surface area contributed by atoms with Crippen LogP contribution >= 0.6 is 0 Å².